The molecule has 0 spiro atoms. The highest BCUT2D eigenvalue weighted by atomic mass is 35.5. The van der Waals surface area contributed by atoms with Gasteiger partial charge in [-0.2, -0.15) is 0 Å². The summed E-state index contributed by atoms with van der Waals surface area (Å²) in [5.41, 5.74) is 1.97. The van der Waals surface area contributed by atoms with Crippen LogP contribution in [-0.2, 0) is 9.59 Å². The number of hydrogen-bond acceptors (Lipinski definition) is 4. The van der Waals surface area contributed by atoms with E-state index in [4.69, 9.17) is 11.6 Å². The van der Waals surface area contributed by atoms with E-state index in [0.29, 0.717) is 46.9 Å². The Morgan fingerprint density at radius 1 is 1.03 bits per heavy atom. The number of nitrogens with one attached hydrogen (secondary N) is 1. The lowest BCUT2D eigenvalue weighted by Gasteiger charge is -2.18. The summed E-state index contributed by atoms with van der Waals surface area (Å²) in [7, 11) is 0. The Hall–Kier alpha value is -3.19. The molecule has 4 rings (SSSR count). The molecule has 2 aromatic rings. The molecule has 2 aliphatic rings. The van der Waals surface area contributed by atoms with Gasteiger partial charge in [0.25, 0.3) is 11.8 Å². The molecule has 30 heavy (non-hydrogen) atoms. The van der Waals surface area contributed by atoms with Crippen LogP contribution >= 0.6 is 11.6 Å². The maximum Gasteiger partial charge on any atom is 0.261 e. The molecular formula is C22H20ClN3O4. The molecule has 1 saturated heterocycles. The molecule has 4 amide bonds. The maximum atomic E-state index is 12.3. The van der Waals surface area contributed by atoms with Crippen molar-refractivity contribution in [3.05, 3.63) is 58.6 Å². The number of imide groups is 1. The molecule has 0 saturated carbocycles. The molecule has 1 fully saturated rings. The third-order valence-electron chi connectivity index (χ3n) is 5.26. The molecule has 1 N–H and O–H groups in total. The Kier molecular flexibility index (Phi) is 5.55. The first-order valence-electron chi connectivity index (χ1n) is 9.80. The van der Waals surface area contributed by atoms with E-state index in [1.54, 1.807) is 47.4 Å². The number of benzene rings is 2. The van der Waals surface area contributed by atoms with Crippen LogP contribution in [0.3, 0.4) is 0 Å². The van der Waals surface area contributed by atoms with Gasteiger partial charge >= 0.3 is 0 Å². The predicted molar refractivity (Wildman–Crippen MR) is 113 cm³/mol. The molecule has 0 atom stereocenters. The van der Waals surface area contributed by atoms with E-state index in [-0.39, 0.29) is 36.6 Å². The molecular weight excluding hydrogens is 406 g/mol. The molecule has 0 radical (unpaired) electrons. The Morgan fingerprint density at radius 3 is 2.33 bits per heavy atom. The normalized spacial score (nSPS) is 15.7. The van der Waals surface area contributed by atoms with E-state index < -0.39 is 0 Å². The Balaban J connectivity index is 1.30. The Bertz CT molecular complexity index is 1020. The standard InChI is InChI=1S/C22H20ClN3O4/c23-17-13-14(9-10-18(17)25-11-4-8-20(25)28)24-19(27)7-3-12-26-21(29)15-5-1-2-6-16(15)22(26)30/h1-2,5-6,9-10,13H,3-4,7-8,11-12H2,(H,24,27). The van der Waals surface area contributed by atoms with Crippen molar-refractivity contribution in [1.29, 1.82) is 0 Å². The minimum atomic E-state index is -0.324. The lowest BCUT2D eigenvalue weighted by molar-refractivity contribution is -0.117. The summed E-state index contributed by atoms with van der Waals surface area (Å²) in [6.45, 7) is 0.818. The van der Waals surface area contributed by atoms with Crippen molar-refractivity contribution in [2.75, 3.05) is 23.3 Å². The van der Waals surface area contributed by atoms with E-state index in [1.807, 2.05) is 0 Å². The van der Waals surface area contributed by atoms with Gasteiger partial charge in [-0.1, -0.05) is 23.7 Å². The van der Waals surface area contributed by atoms with E-state index in [9.17, 15) is 19.2 Å². The summed E-state index contributed by atoms with van der Waals surface area (Å²) < 4.78 is 0. The lowest BCUT2D eigenvalue weighted by Crippen LogP contribution is -2.31. The summed E-state index contributed by atoms with van der Waals surface area (Å²) in [4.78, 5) is 51.6. The zero-order chi connectivity index (χ0) is 21.3. The zero-order valence-electron chi connectivity index (χ0n) is 16.2. The quantitative estimate of drug-likeness (QED) is 0.718. The highest BCUT2D eigenvalue weighted by Crippen LogP contribution is 2.31. The largest absolute Gasteiger partial charge is 0.326 e. The first-order chi connectivity index (χ1) is 14.5. The molecule has 8 heteroatoms. The molecule has 2 aromatic carbocycles. The van der Waals surface area contributed by atoms with Gasteiger partial charge in [-0.15, -0.1) is 0 Å². The fourth-order valence-electron chi connectivity index (χ4n) is 3.77. The van der Waals surface area contributed by atoms with Gasteiger partial charge < -0.3 is 10.2 Å². The van der Waals surface area contributed by atoms with Gasteiger partial charge in [0, 0.05) is 31.6 Å². The maximum absolute atomic E-state index is 12.3. The average molecular weight is 426 g/mol. The van der Waals surface area contributed by atoms with Crippen molar-refractivity contribution in [2.24, 2.45) is 0 Å². The molecule has 0 aromatic heterocycles. The fraction of sp³-hybridized carbons (Fsp3) is 0.273. The van der Waals surface area contributed by atoms with Gasteiger partial charge in [0.05, 0.1) is 21.8 Å². The highest BCUT2D eigenvalue weighted by Gasteiger charge is 2.34. The number of carbonyl (C=O) groups is 4. The number of nitrogens with zero attached hydrogens (tertiary/aromatic N) is 2. The van der Waals surface area contributed by atoms with Crippen molar-refractivity contribution >= 4 is 46.6 Å². The first kappa shape index (κ1) is 20.1. The molecule has 2 heterocycles. The van der Waals surface area contributed by atoms with Gasteiger partial charge in [0.2, 0.25) is 11.8 Å². The number of anilines is 2. The monoisotopic (exact) mass is 425 g/mol. The Morgan fingerprint density at radius 2 is 1.73 bits per heavy atom. The van der Waals surface area contributed by atoms with Crippen LogP contribution < -0.4 is 10.2 Å². The number of halogens is 1. The van der Waals surface area contributed by atoms with Crippen LogP contribution in [0.25, 0.3) is 0 Å². The van der Waals surface area contributed by atoms with E-state index in [1.165, 1.54) is 4.90 Å². The Labute approximate surface area is 178 Å². The van der Waals surface area contributed by atoms with Crippen molar-refractivity contribution < 1.29 is 19.2 Å². The van der Waals surface area contributed by atoms with Crippen LogP contribution in [0.4, 0.5) is 11.4 Å². The fourth-order valence-corrected chi connectivity index (χ4v) is 4.05. The van der Waals surface area contributed by atoms with Crippen LogP contribution in [-0.4, -0.2) is 41.6 Å². The van der Waals surface area contributed by atoms with Gasteiger partial charge in [0.15, 0.2) is 0 Å². The smallest absolute Gasteiger partial charge is 0.261 e. The SMILES string of the molecule is O=C(CCCN1C(=O)c2ccccc2C1=O)Nc1ccc(N2CCCC2=O)c(Cl)c1. The third-order valence-corrected chi connectivity index (χ3v) is 5.56. The topological polar surface area (TPSA) is 86.8 Å². The van der Waals surface area contributed by atoms with Crippen LogP contribution in [0.1, 0.15) is 46.4 Å². The van der Waals surface area contributed by atoms with Gasteiger partial charge in [-0.3, -0.25) is 24.1 Å². The van der Waals surface area contributed by atoms with Crippen LogP contribution in [0, 0.1) is 0 Å². The van der Waals surface area contributed by atoms with Gasteiger partial charge in [-0.25, -0.2) is 0 Å². The minimum Gasteiger partial charge on any atom is -0.326 e. The van der Waals surface area contributed by atoms with Crippen molar-refractivity contribution in [3.8, 4) is 0 Å². The highest BCUT2D eigenvalue weighted by molar-refractivity contribution is 6.34. The van der Waals surface area contributed by atoms with E-state index in [2.05, 4.69) is 5.32 Å². The number of amides is 4. The summed E-state index contributed by atoms with van der Waals surface area (Å²) >= 11 is 6.30. The minimum absolute atomic E-state index is 0.0434. The van der Waals surface area contributed by atoms with Gasteiger partial charge in [0.1, 0.15) is 0 Å². The molecule has 7 nitrogen and oxygen atoms in total. The zero-order valence-corrected chi connectivity index (χ0v) is 16.9. The lowest BCUT2D eigenvalue weighted by atomic mass is 10.1. The second kappa shape index (κ2) is 8.28. The predicted octanol–water partition coefficient (Wildman–Crippen LogP) is 3.48. The molecule has 154 valence electrons. The summed E-state index contributed by atoms with van der Waals surface area (Å²) in [6.07, 6.45) is 1.82. The second-order valence-corrected chi connectivity index (χ2v) is 7.68. The third kappa shape index (κ3) is 3.80. The second-order valence-electron chi connectivity index (χ2n) is 7.27. The first-order valence-corrected chi connectivity index (χ1v) is 10.2. The van der Waals surface area contributed by atoms with Crippen LogP contribution in [0.15, 0.2) is 42.5 Å². The molecule has 0 bridgehead atoms. The van der Waals surface area contributed by atoms with Crippen LogP contribution in [0.5, 0.6) is 0 Å². The number of fused-ring (bicyclic) bond motifs is 1. The number of hydrogen-bond donors (Lipinski definition) is 1. The summed E-state index contributed by atoms with van der Waals surface area (Å²) in [6, 6.07) is 11.7. The average Bonchev–Trinajstić information content (AvgIpc) is 3.25. The number of rotatable bonds is 6. The molecule has 0 aliphatic carbocycles. The summed E-state index contributed by atoms with van der Waals surface area (Å²) in [5.74, 6) is -0.848. The molecule has 2 aliphatic heterocycles. The van der Waals surface area contributed by atoms with Crippen molar-refractivity contribution in [2.45, 2.75) is 25.7 Å². The van der Waals surface area contributed by atoms with Crippen molar-refractivity contribution in [1.82, 2.24) is 4.90 Å². The van der Waals surface area contributed by atoms with Crippen LogP contribution in [0.2, 0.25) is 5.02 Å². The summed E-state index contributed by atoms with van der Waals surface area (Å²) in [5, 5.41) is 3.16. The molecule has 0 unspecified atom stereocenters. The van der Waals surface area contributed by atoms with Crippen molar-refractivity contribution in [3.63, 3.8) is 0 Å². The van der Waals surface area contributed by atoms with E-state index >= 15 is 0 Å². The van der Waals surface area contributed by atoms with Gasteiger partial charge in [-0.05, 0) is 43.2 Å². The van der Waals surface area contributed by atoms with E-state index in [0.717, 1.165) is 6.42 Å². The number of carbonyl (C=O) groups excluding carboxylic acids is 4.